The minimum atomic E-state index is -0.791. The molecular weight excluding hydrogens is 324 g/mol. The van der Waals surface area contributed by atoms with E-state index in [-0.39, 0.29) is 5.76 Å². The Labute approximate surface area is 144 Å². The summed E-state index contributed by atoms with van der Waals surface area (Å²) in [6, 6.07) is 16.5. The molecule has 3 rings (SSSR count). The van der Waals surface area contributed by atoms with Crippen molar-refractivity contribution in [3.05, 3.63) is 65.9 Å². The second kappa shape index (κ2) is 6.53. The van der Waals surface area contributed by atoms with Crippen molar-refractivity contribution in [1.29, 1.82) is 0 Å². The van der Waals surface area contributed by atoms with Gasteiger partial charge in [0.05, 0.1) is 5.57 Å². The fourth-order valence-electron chi connectivity index (χ4n) is 2.64. The van der Waals surface area contributed by atoms with E-state index in [2.05, 4.69) is 0 Å². The molecule has 0 N–H and O–H groups in total. The van der Waals surface area contributed by atoms with Crippen molar-refractivity contribution < 1.29 is 19.1 Å². The lowest BCUT2D eigenvalue weighted by Gasteiger charge is -2.21. The van der Waals surface area contributed by atoms with Gasteiger partial charge in [-0.25, -0.2) is 4.79 Å². The van der Waals surface area contributed by atoms with Gasteiger partial charge in [-0.05, 0) is 43.7 Å². The van der Waals surface area contributed by atoms with Crippen LogP contribution in [0, 0.1) is 0 Å². The van der Waals surface area contributed by atoms with Crippen LogP contribution in [-0.4, -0.2) is 17.2 Å². The van der Waals surface area contributed by atoms with Gasteiger partial charge in [-0.2, -0.15) is 0 Å². The Bertz CT molecular complexity index is 792. The third-order valence-corrected chi connectivity index (χ3v) is 4.29. The SMILES string of the molecule is CC1(C)OC(=O)C(Oc2ccccc2)=C1c1ccc(SC=O)cc1. The maximum Gasteiger partial charge on any atom is 0.375 e. The minimum absolute atomic E-state index is 0.196. The first-order chi connectivity index (χ1) is 11.5. The van der Waals surface area contributed by atoms with E-state index in [1.807, 2.05) is 56.3 Å². The lowest BCUT2D eigenvalue weighted by Crippen LogP contribution is -2.22. The number of carbonyl (C=O) groups is 2. The van der Waals surface area contributed by atoms with Crippen molar-refractivity contribution in [2.75, 3.05) is 0 Å². The predicted octanol–water partition coefficient (Wildman–Crippen LogP) is 4.09. The third-order valence-electron chi connectivity index (χ3n) is 3.65. The fraction of sp³-hybridized carbons (Fsp3) is 0.158. The average Bonchev–Trinajstić information content (AvgIpc) is 2.78. The molecular formula is C19H16O4S. The highest BCUT2D eigenvalue weighted by atomic mass is 32.2. The van der Waals surface area contributed by atoms with Crippen molar-refractivity contribution >= 4 is 28.9 Å². The molecule has 1 aliphatic rings. The van der Waals surface area contributed by atoms with Crippen molar-refractivity contribution in [3.63, 3.8) is 0 Å². The molecule has 0 saturated carbocycles. The van der Waals surface area contributed by atoms with Gasteiger partial charge in [0.15, 0.2) is 5.62 Å². The molecule has 0 atom stereocenters. The molecule has 0 aliphatic carbocycles. The van der Waals surface area contributed by atoms with Crippen molar-refractivity contribution in [3.8, 4) is 5.75 Å². The van der Waals surface area contributed by atoms with Crippen molar-refractivity contribution in [2.24, 2.45) is 0 Å². The summed E-state index contributed by atoms with van der Waals surface area (Å²) in [5.41, 5.74) is 1.51. The molecule has 0 aromatic heterocycles. The maximum absolute atomic E-state index is 12.3. The number of benzene rings is 2. The van der Waals surface area contributed by atoms with Crippen LogP contribution in [0.15, 0.2) is 65.3 Å². The zero-order valence-corrected chi connectivity index (χ0v) is 14.1. The number of cyclic esters (lactones) is 1. The van der Waals surface area contributed by atoms with Gasteiger partial charge in [-0.3, -0.25) is 4.79 Å². The van der Waals surface area contributed by atoms with Crippen LogP contribution in [0.1, 0.15) is 19.4 Å². The molecule has 1 aliphatic heterocycles. The van der Waals surface area contributed by atoms with E-state index in [0.29, 0.717) is 11.3 Å². The van der Waals surface area contributed by atoms with Gasteiger partial charge in [0.25, 0.3) is 0 Å². The first kappa shape index (κ1) is 16.3. The van der Waals surface area contributed by atoms with E-state index in [1.54, 1.807) is 12.1 Å². The summed E-state index contributed by atoms with van der Waals surface area (Å²) in [7, 11) is 0. The van der Waals surface area contributed by atoms with E-state index < -0.39 is 11.6 Å². The highest BCUT2D eigenvalue weighted by Gasteiger charge is 2.43. The number of hydrogen-bond acceptors (Lipinski definition) is 5. The zero-order chi connectivity index (χ0) is 17.2. The molecule has 0 bridgehead atoms. The summed E-state index contributed by atoms with van der Waals surface area (Å²) in [6.07, 6.45) is 0. The number of rotatable bonds is 5. The molecule has 1 heterocycles. The summed E-state index contributed by atoms with van der Waals surface area (Å²) >= 11 is 1.10. The number of hydrogen-bond donors (Lipinski definition) is 0. The van der Waals surface area contributed by atoms with E-state index in [1.165, 1.54) is 0 Å². The second-order valence-electron chi connectivity index (χ2n) is 5.76. The number of thioether (sulfide) groups is 1. The van der Waals surface area contributed by atoms with E-state index in [0.717, 1.165) is 27.8 Å². The Morgan fingerprint density at radius 3 is 2.33 bits per heavy atom. The standard InChI is InChI=1S/C19H16O4S/c1-19(2)16(13-8-10-15(11-9-13)24-12-20)17(18(21)23-19)22-14-6-4-3-5-7-14/h3-12H,1-2H3. The highest BCUT2D eigenvalue weighted by molar-refractivity contribution is 8.11. The first-order valence-corrected chi connectivity index (χ1v) is 8.31. The molecule has 5 heteroatoms. The highest BCUT2D eigenvalue weighted by Crippen LogP contribution is 2.40. The van der Waals surface area contributed by atoms with Crippen LogP contribution in [0.4, 0.5) is 0 Å². The largest absolute Gasteiger partial charge is 0.449 e. The van der Waals surface area contributed by atoms with Gasteiger partial charge in [-0.1, -0.05) is 42.1 Å². The van der Waals surface area contributed by atoms with Gasteiger partial charge < -0.3 is 9.47 Å². The lowest BCUT2D eigenvalue weighted by molar-refractivity contribution is -0.145. The Hall–Kier alpha value is -2.53. The number of ether oxygens (including phenoxy) is 2. The molecule has 0 spiro atoms. The molecule has 4 nitrogen and oxygen atoms in total. The summed E-state index contributed by atoms with van der Waals surface area (Å²) in [5, 5.41) is 0. The Morgan fingerprint density at radius 2 is 1.71 bits per heavy atom. The van der Waals surface area contributed by atoms with Crippen molar-refractivity contribution in [2.45, 2.75) is 24.3 Å². The van der Waals surface area contributed by atoms with Gasteiger partial charge in [0.2, 0.25) is 5.76 Å². The van der Waals surface area contributed by atoms with Crippen LogP contribution >= 0.6 is 11.8 Å². The van der Waals surface area contributed by atoms with Crippen LogP contribution in [0.3, 0.4) is 0 Å². The normalized spacial score (nSPS) is 16.0. The van der Waals surface area contributed by atoms with E-state index in [4.69, 9.17) is 9.47 Å². The van der Waals surface area contributed by atoms with Crippen LogP contribution < -0.4 is 4.74 Å². The van der Waals surface area contributed by atoms with Gasteiger partial charge in [-0.15, -0.1) is 0 Å². The third kappa shape index (κ3) is 3.21. The predicted molar refractivity (Wildman–Crippen MR) is 93.2 cm³/mol. The first-order valence-electron chi connectivity index (χ1n) is 7.43. The second-order valence-corrected chi connectivity index (χ2v) is 6.66. The monoisotopic (exact) mass is 340 g/mol. The van der Waals surface area contributed by atoms with Gasteiger partial charge in [0, 0.05) is 4.90 Å². The van der Waals surface area contributed by atoms with Gasteiger partial charge >= 0.3 is 5.97 Å². The van der Waals surface area contributed by atoms with Crippen molar-refractivity contribution in [1.82, 2.24) is 0 Å². The average molecular weight is 340 g/mol. The zero-order valence-electron chi connectivity index (χ0n) is 13.3. The Balaban J connectivity index is 2.03. The summed E-state index contributed by atoms with van der Waals surface area (Å²) in [5.74, 6) is 0.292. The molecule has 0 saturated heterocycles. The van der Waals surface area contributed by atoms with Crippen LogP contribution in [0.5, 0.6) is 5.75 Å². The number of para-hydroxylation sites is 1. The summed E-state index contributed by atoms with van der Waals surface area (Å²) in [6.45, 7) is 3.66. The quantitative estimate of drug-likeness (QED) is 0.466. The fourth-order valence-corrected chi connectivity index (χ4v) is 3.04. The molecule has 0 radical (unpaired) electrons. The van der Waals surface area contributed by atoms with Crippen LogP contribution in [0.2, 0.25) is 0 Å². The van der Waals surface area contributed by atoms with E-state index in [9.17, 15) is 9.59 Å². The molecule has 24 heavy (non-hydrogen) atoms. The molecule has 2 aromatic rings. The number of carbonyl (C=O) groups excluding carboxylic acids is 2. The maximum atomic E-state index is 12.3. The Kier molecular flexibility index (Phi) is 4.44. The molecule has 0 amide bonds. The summed E-state index contributed by atoms with van der Waals surface area (Å²) in [4.78, 5) is 23.7. The number of esters is 1. The topological polar surface area (TPSA) is 52.6 Å². The minimum Gasteiger partial charge on any atom is -0.449 e. The Morgan fingerprint density at radius 1 is 1.04 bits per heavy atom. The molecule has 122 valence electrons. The summed E-state index contributed by atoms with van der Waals surface area (Å²) < 4.78 is 11.3. The molecule has 0 unspecified atom stereocenters. The van der Waals surface area contributed by atoms with E-state index >= 15 is 0 Å². The smallest absolute Gasteiger partial charge is 0.375 e. The molecule has 2 aromatic carbocycles. The lowest BCUT2D eigenvalue weighted by atomic mass is 9.92. The van der Waals surface area contributed by atoms with Crippen LogP contribution in [0.25, 0.3) is 5.57 Å². The van der Waals surface area contributed by atoms with Gasteiger partial charge in [0.1, 0.15) is 11.4 Å². The molecule has 0 fully saturated rings. The van der Waals surface area contributed by atoms with Crippen LogP contribution in [-0.2, 0) is 14.3 Å².